The Morgan fingerprint density at radius 1 is 1.44 bits per heavy atom. The van der Waals surface area contributed by atoms with Crippen LogP contribution >= 0.6 is 11.6 Å². The van der Waals surface area contributed by atoms with Gasteiger partial charge in [0.15, 0.2) is 11.5 Å². The molecule has 0 bridgehead atoms. The molecule has 2 rings (SSSR count). The normalized spacial score (nSPS) is 17.5. The molecule has 2 amide bonds. The Labute approximate surface area is 152 Å². The van der Waals surface area contributed by atoms with Crippen LogP contribution in [0.2, 0.25) is 5.02 Å². The minimum atomic E-state index is -0.427. The Kier molecular flexibility index (Phi) is 6.70. The number of methoxy groups -OCH3 is 1. The fraction of sp³-hybridized carbons (Fsp3) is 0.444. The van der Waals surface area contributed by atoms with E-state index >= 15 is 0 Å². The molecule has 1 atom stereocenters. The topological polar surface area (TPSA) is 67.9 Å². The first-order valence-electron chi connectivity index (χ1n) is 8.28. The van der Waals surface area contributed by atoms with Gasteiger partial charge in [-0.25, -0.2) is 0 Å². The standard InChI is InChI=1S/C18H23ClN2O4/c1-4-14-18(23)20-8-9-21(14)16(22)7-6-12-10-13(19)17(25-5-2)15(11-12)24-3/h6-7,10-11,14H,4-5,8-9H2,1-3H3,(H,20,23). The number of nitrogens with one attached hydrogen (secondary N) is 1. The highest BCUT2D eigenvalue weighted by atomic mass is 35.5. The van der Waals surface area contributed by atoms with E-state index < -0.39 is 6.04 Å². The van der Waals surface area contributed by atoms with E-state index in [4.69, 9.17) is 21.1 Å². The first kappa shape index (κ1) is 19.1. The highest BCUT2D eigenvalue weighted by Crippen LogP contribution is 2.36. The van der Waals surface area contributed by atoms with E-state index in [1.165, 1.54) is 13.2 Å². The third kappa shape index (κ3) is 4.45. The van der Waals surface area contributed by atoms with Crippen LogP contribution < -0.4 is 14.8 Å². The second-order valence-electron chi connectivity index (χ2n) is 5.55. The molecule has 0 aliphatic carbocycles. The number of piperazine rings is 1. The minimum absolute atomic E-state index is 0.110. The fourth-order valence-electron chi connectivity index (χ4n) is 2.77. The van der Waals surface area contributed by atoms with Crippen LogP contribution in [0, 0.1) is 0 Å². The molecule has 1 aromatic rings. The predicted octanol–water partition coefficient (Wildman–Crippen LogP) is 2.50. The minimum Gasteiger partial charge on any atom is -0.493 e. The van der Waals surface area contributed by atoms with Gasteiger partial charge in [0.25, 0.3) is 0 Å². The zero-order valence-corrected chi connectivity index (χ0v) is 15.4. The Bertz CT molecular complexity index is 675. The van der Waals surface area contributed by atoms with Gasteiger partial charge < -0.3 is 19.7 Å². The van der Waals surface area contributed by atoms with Crippen molar-refractivity contribution in [2.75, 3.05) is 26.8 Å². The molecule has 1 fully saturated rings. The molecule has 1 aliphatic rings. The summed E-state index contributed by atoms with van der Waals surface area (Å²) < 4.78 is 10.8. The van der Waals surface area contributed by atoms with Gasteiger partial charge in [-0.05, 0) is 37.1 Å². The Hall–Kier alpha value is -2.21. The second kappa shape index (κ2) is 8.76. The van der Waals surface area contributed by atoms with Crippen LogP contribution in [-0.2, 0) is 9.59 Å². The largest absolute Gasteiger partial charge is 0.493 e. The number of hydrogen-bond donors (Lipinski definition) is 1. The summed E-state index contributed by atoms with van der Waals surface area (Å²) in [6, 6.07) is 3.03. The Balaban J connectivity index is 2.19. The molecule has 7 heteroatoms. The number of hydrogen-bond acceptors (Lipinski definition) is 4. The van der Waals surface area contributed by atoms with Crippen molar-refractivity contribution < 1.29 is 19.1 Å². The summed E-state index contributed by atoms with van der Waals surface area (Å²) in [6.45, 7) is 5.19. The fourth-order valence-corrected chi connectivity index (χ4v) is 3.04. The highest BCUT2D eigenvalue weighted by Gasteiger charge is 2.30. The highest BCUT2D eigenvalue weighted by molar-refractivity contribution is 6.32. The molecule has 1 heterocycles. The summed E-state index contributed by atoms with van der Waals surface area (Å²) in [4.78, 5) is 25.9. The lowest BCUT2D eigenvalue weighted by atomic mass is 10.1. The van der Waals surface area contributed by atoms with Crippen molar-refractivity contribution in [3.8, 4) is 11.5 Å². The van der Waals surface area contributed by atoms with Crippen LogP contribution in [0.25, 0.3) is 6.08 Å². The average Bonchev–Trinajstić information content (AvgIpc) is 2.61. The van der Waals surface area contributed by atoms with Gasteiger partial charge in [-0.15, -0.1) is 0 Å². The lowest BCUT2D eigenvalue weighted by Crippen LogP contribution is -2.56. The van der Waals surface area contributed by atoms with Crippen LogP contribution in [0.4, 0.5) is 0 Å². The molecule has 0 aromatic heterocycles. The lowest BCUT2D eigenvalue weighted by molar-refractivity contribution is -0.140. The van der Waals surface area contributed by atoms with Gasteiger partial charge in [-0.2, -0.15) is 0 Å². The summed E-state index contributed by atoms with van der Waals surface area (Å²) in [6.07, 6.45) is 3.69. The van der Waals surface area contributed by atoms with Crippen LogP contribution in [-0.4, -0.2) is 49.6 Å². The molecule has 6 nitrogen and oxygen atoms in total. The Morgan fingerprint density at radius 2 is 2.20 bits per heavy atom. The van der Waals surface area contributed by atoms with Crippen molar-refractivity contribution in [3.63, 3.8) is 0 Å². The molecule has 1 unspecified atom stereocenters. The van der Waals surface area contributed by atoms with Gasteiger partial charge >= 0.3 is 0 Å². The van der Waals surface area contributed by atoms with E-state index in [0.717, 1.165) is 0 Å². The summed E-state index contributed by atoms with van der Waals surface area (Å²) in [5, 5.41) is 3.19. The van der Waals surface area contributed by atoms with Crippen LogP contribution in [0.5, 0.6) is 11.5 Å². The summed E-state index contributed by atoms with van der Waals surface area (Å²) in [5.41, 5.74) is 0.716. The lowest BCUT2D eigenvalue weighted by Gasteiger charge is -2.33. The third-order valence-corrected chi connectivity index (χ3v) is 4.24. The number of rotatable bonds is 6. The molecule has 0 spiro atoms. The maximum absolute atomic E-state index is 12.5. The smallest absolute Gasteiger partial charge is 0.247 e. The van der Waals surface area contributed by atoms with E-state index in [9.17, 15) is 9.59 Å². The van der Waals surface area contributed by atoms with Gasteiger partial charge in [0.05, 0.1) is 18.7 Å². The van der Waals surface area contributed by atoms with Crippen molar-refractivity contribution in [1.82, 2.24) is 10.2 Å². The van der Waals surface area contributed by atoms with Crippen molar-refractivity contribution in [1.29, 1.82) is 0 Å². The molecular formula is C18H23ClN2O4. The van der Waals surface area contributed by atoms with Crippen LogP contribution in [0.1, 0.15) is 25.8 Å². The van der Waals surface area contributed by atoms with Crippen molar-refractivity contribution >= 4 is 29.5 Å². The second-order valence-corrected chi connectivity index (χ2v) is 5.95. The van der Waals surface area contributed by atoms with Crippen LogP contribution in [0.3, 0.4) is 0 Å². The van der Waals surface area contributed by atoms with E-state index in [1.807, 2.05) is 13.8 Å². The van der Waals surface area contributed by atoms with Gasteiger partial charge in [0.1, 0.15) is 6.04 Å². The number of amides is 2. The summed E-state index contributed by atoms with van der Waals surface area (Å²) >= 11 is 6.23. The molecule has 1 aliphatic heterocycles. The maximum atomic E-state index is 12.5. The van der Waals surface area contributed by atoms with Gasteiger partial charge in [-0.1, -0.05) is 18.5 Å². The first-order valence-corrected chi connectivity index (χ1v) is 8.66. The SMILES string of the molecule is CCOc1c(Cl)cc(C=CC(=O)N2CCNC(=O)C2CC)cc1OC. The number of nitrogens with zero attached hydrogens (tertiary/aromatic N) is 1. The first-order chi connectivity index (χ1) is 12.0. The quantitative estimate of drug-likeness (QED) is 0.785. The van der Waals surface area contributed by atoms with E-state index in [2.05, 4.69) is 5.32 Å². The number of halogens is 1. The molecular weight excluding hydrogens is 344 g/mol. The molecule has 0 saturated carbocycles. The predicted molar refractivity (Wildman–Crippen MR) is 97.0 cm³/mol. The number of ether oxygens (including phenoxy) is 2. The summed E-state index contributed by atoms with van der Waals surface area (Å²) in [5.74, 6) is 0.672. The van der Waals surface area contributed by atoms with Crippen molar-refractivity contribution in [2.45, 2.75) is 26.3 Å². The molecule has 0 radical (unpaired) electrons. The Morgan fingerprint density at radius 3 is 2.84 bits per heavy atom. The molecule has 25 heavy (non-hydrogen) atoms. The zero-order valence-electron chi connectivity index (χ0n) is 14.7. The monoisotopic (exact) mass is 366 g/mol. The van der Waals surface area contributed by atoms with Gasteiger partial charge in [0, 0.05) is 19.2 Å². The van der Waals surface area contributed by atoms with Crippen molar-refractivity contribution in [2.24, 2.45) is 0 Å². The molecule has 136 valence electrons. The van der Waals surface area contributed by atoms with Gasteiger partial charge in [0.2, 0.25) is 11.8 Å². The van der Waals surface area contributed by atoms with Crippen LogP contribution in [0.15, 0.2) is 18.2 Å². The zero-order chi connectivity index (χ0) is 18.4. The van der Waals surface area contributed by atoms with E-state index in [0.29, 0.717) is 48.2 Å². The van der Waals surface area contributed by atoms with Gasteiger partial charge in [-0.3, -0.25) is 9.59 Å². The third-order valence-electron chi connectivity index (χ3n) is 3.96. The molecule has 1 saturated heterocycles. The maximum Gasteiger partial charge on any atom is 0.247 e. The van der Waals surface area contributed by atoms with E-state index in [1.54, 1.807) is 23.1 Å². The van der Waals surface area contributed by atoms with Crippen molar-refractivity contribution in [3.05, 3.63) is 28.8 Å². The number of carbonyl (C=O) groups is 2. The molecule has 1 aromatic carbocycles. The number of carbonyl (C=O) groups excluding carboxylic acids is 2. The number of benzene rings is 1. The molecule has 1 N–H and O–H groups in total. The van der Waals surface area contributed by atoms with E-state index in [-0.39, 0.29) is 11.8 Å². The summed E-state index contributed by atoms with van der Waals surface area (Å²) in [7, 11) is 1.53. The average molecular weight is 367 g/mol.